The van der Waals surface area contributed by atoms with Gasteiger partial charge in [0.15, 0.2) is 0 Å². The Morgan fingerprint density at radius 2 is 1.25 bits per heavy atom. The van der Waals surface area contributed by atoms with Crippen LogP contribution in [0.15, 0.2) is 78.9 Å². The van der Waals surface area contributed by atoms with E-state index < -0.39 is 11.4 Å². The minimum atomic E-state index is -0.680. The number of hydrogen-bond acceptors (Lipinski definition) is 7. The lowest BCUT2D eigenvalue weighted by Gasteiger charge is -2.26. The minimum Gasteiger partial charge on any atom is -0.493 e. The van der Waals surface area contributed by atoms with Gasteiger partial charge in [-0.15, -0.1) is 0 Å². The number of benzene rings is 3. The molecule has 0 aliphatic carbocycles. The maximum atomic E-state index is 12.3. The third-order valence-electron chi connectivity index (χ3n) is 10.6. The van der Waals surface area contributed by atoms with Crippen LogP contribution in [-0.2, 0) is 44.7 Å². The molecule has 0 spiro atoms. The van der Waals surface area contributed by atoms with Crippen molar-refractivity contribution in [3.05, 3.63) is 101 Å². The van der Waals surface area contributed by atoms with Gasteiger partial charge in [0.1, 0.15) is 5.75 Å². The van der Waals surface area contributed by atoms with Gasteiger partial charge in [-0.1, -0.05) is 120 Å². The van der Waals surface area contributed by atoms with E-state index in [1.54, 1.807) is 13.8 Å². The number of aliphatic hydroxyl groups is 2. The molecule has 7 heteroatoms. The van der Waals surface area contributed by atoms with Gasteiger partial charge in [0.25, 0.3) is 0 Å². The van der Waals surface area contributed by atoms with E-state index in [4.69, 9.17) is 14.2 Å². The van der Waals surface area contributed by atoms with E-state index >= 15 is 0 Å². The molecule has 312 valence electrons. The minimum absolute atomic E-state index is 0.158. The first kappa shape index (κ1) is 47.2. The van der Waals surface area contributed by atoms with Crippen LogP contribution in [0.5, 0.6) is 5.75 Å². The number of aryl methyl sites for hydroxylation is 4. The lowest BCUT2D eigenvalue weighted by atomic mass is 9.89. The number of ether oxygens (including phenoxy) is 3. The van der Waals surface area contributed by atoms with Crippen molar-refractivity contribution in [2.45, 2.75) is 131 Å². The highest BCUT2D eigenvalue weighted by atomic mass is 16.5. The van der Waals surface area contributed by atoms with Crippen LogP contribution >= 0.6 is 0 Å². The fraction of sp³-hybridized carbons (Fsp3) is 0.520. The molecule has 3 aromatic rings. The summed E-state index contributed by atoms with van der Waals surface area (Å²) < 4.78 is 17.5. The number of rotatable bonds is 28. The topological polar surface area (TPSA) is 102 Å². The van der Waals surface area contributed by atoms with Crippen LogP contribution in [0.3, 0.4) is 0 Å². The molecular formula is C50H70O7. The fourth-order valence-electron chi connectivity index (χ4n) is 6.87. The number of unbranched alkanes of at least 4 members (excludes halogenated alkanes) is 6. The molecular weight excluding hydrogens is 713 g/mol. The second-order valence-electron chi connectivity index (χ2n) is 16.1. The van der Waals surface area contributed by atoms with Gasteiger partial charge in [-0.05, 0) is 122 Å². The number of aliphatic hydroxyl groups excluding tert-OH is 2. The molecule has 0 heterocycles. The molecule has 3 aromatic carbocycles. The highest BCUT2D eigenvalue weighted by molar-refractivity contribution is 5.86. The van der Waals surface area contributed by atoms with E-state index in [9.17, 15) is 19.8 Å². The average Bonchev–Trinajstić information content (AvgIpc) is 3.20. The predicted octanol–water partition coefficient (Wildman–Crippen LogP) is 11.1. The van der Waals surface area contributed by atoms with Gasteiger partial charge in [-0.25, -0.2) is 4.79 Å². The number of esters is 2. The molecule has 0 bridgehead atoms. The van der Waals surface area contributed by atoms with Crippen molar-refractivity contribution < 1.29 is 34.0 Å². The molecule has 2 N–H and O–H groups in total. The van der Waals surface area contributed by atoms with Crippen LogP contribution < -0.4 is 4.74 Å². The number of carbonyl (C=O) groups excluding carboxylic acids is 2. The van der Waals surface area contributed by atoms with Gasteiger partial charge < -0.3 is 24.4 Å². The zero-order valence-corrected chi connectivity index (χ0v) is 35.7. The zero-order valence-electron chi connectivity index (χ0n) is 35.7. The summed E-state index contributed by atoms with van der Waals surface area (Å²) >= 11 is 0. The summed E-state index contributed by atoms with van der Waals surface area (Å²) in [6.45, 7) is 17.7. The Morgan fingerprint density at radius 3 is 1.82 bits per heavy atom. The third-order valence-corrected chi connectivity index (χ3v) is 10.6. The summed E-state index contributed by atoms with van der Waals surface area (Å²) in [5.41, 5.74) is 9.61. The fourth-order valence-corrected chi connectivity index (χ4v) is 6.87. The molecule has 0 aliphatic rings. The van der Waals surface area contributed by atoms with Gasteiger partial charge in [0.05, 0.1) is 39.5 Å². The number of carbonyl (C=O) groups is 2. The Labute approximate surface area is 343 Å². The summed E-state index contributed by atoms with van der Waals surface area (Å²) in [5.74, 6) is 0.0353. The lowest BCUT2D eigenvalue weighted by Crippen LogP contribution is -2.28. The van der Waals surface area contributed by atoms with Gasteiger partial charge >= 0.3 is 11.9 Å². The highest BCUT2D eigenvalue weighted by Gasteiger charge is 2.23. The first-order valence-electron chi connectivity index (χ1n) is 21.3. The molecule has 0 aliphatic heterocycles. The van der Waals surface area contributed by atoms with Crippen LogP contribution in [0.4, 0.5) is 0 Å². The van der Waals surface area contributed by atoms with Crippen molar-refractivity contribution in [1.29, 1.82) is 0 Å². The van der Waals surface area contributed by atoms with Crippen molar-refractivity contribution in [3.63, 3.8) is 0 Å². The van der Waals surface area contributed by atoms with Gasteiger partial charge in [0, 0.05) is 11.0 Å². The first-order chi connectivity index (χ1) is 27.4. The van der Waals surface area contributed by atoms with Crippen LogP contribution in [0, 0.1) is 5.41 Å². The van der Waals surface area contributed by atoms with Crippen LogP contribution in [0.2, 0.25) is 0 Å². The Morgan fingerprint density at radius 1 is 0.667 bits per heavy atom. The summed E-state index contributed by atoms with van der Waals surface area (Å²) in [6, 6.07) is 20.1. The van der Waals surface area contributed by atoms with E-state index in [-0.39, 0.29) is 38.8 Å². The molecule has 3 rings (SSSR count). The quantitative estimate of drug-likeness (QED) is 0.0327. The molecule has 0 amide bonds. The van der Waals surface area contributed by atoms with Crippen LogP contribution in [0.25, 0.3) is 22.3 Å². The monoisotopic (exact) mass is 783 g/mol. The normalized spacial score (nSPS) is 11.4. The Kier molecular flexibility index (Phi) is 20.9. The summed E-state index contributed by atoms with van der Waals surface area (Å²) in [6.07, 6.45) is 14.2. The van der Waals surface area contributed by atoms with E-state index in [2.05, 4.69) is 81.6 Å². The Hall–Kier alpha value is -4.20. The van der Waals surface area contributed by atoms with Gasteiger partial charge in [-0.2, -0.15) is 0 Å². The van der Waals surface area contributed by atoms with Crippen molar-refractivity contribution in [2.75, 3.05) is 33.0 Å². The van der Waals surface area contributed by atoms with E-state index in [1.807, 2.05) is 6.92 Å². The summed E-state index contributed by atoms with van der Waals surface area (Å²) in [5, 5.41) is 19.9. The molecule has 57 heavy (non-hydrogen) atoms. The summed E-state index contributed by atoms with van der Waals surface area (Å²) in [4.78, 5) is 24.4. The smallest absolute Gasteiger partial charge is 0.333 e. The van der Waals surface area contributed by atoms with Crippen molar-refractivity contribution >= 4 is 11.9 Å². The van der Waals surface area contributed by atoms with Gasteiger partial charge in [0.2, 0.25) is 0 Å². The number of hydrogen-bond donors (Lipinski definition) is 2. The lowest BCUT2D eigenvalue weighted by molar-refractivity contribution is -0.143. The maximum absolute atomic E-state index is 12.3. The summed E-state index contributed by atoms with van der Waals surface area (Å²) in [7, 11) is 0. The Balaban J connectivity index is 1.94. The predicted molar refractivity (Wildman–Crippen MR) is 234 cm³/mol. The van der Waals surface area contributed by atoms with Crippen molar-refractivity contribution in [1.82, 2.24) is 0 Å². The molecule has 0 unspecified atom stereocenters. The molecule has 0 saturated carbocycles. The molecule has 7 nitrogen and oxygen atoms in total. The highest BCUT2D eigenvalue weighted by Crippen LogP contribution is 2.37. The molecule has 0 saturated heterocycles. The van der Waals surface area contributed by atoms with Crippen LogP contribution in [0.1, 0.15) is 128 Å². The second kappa shape index (κ2) is 25.2. The standard InChI is InChI=1S/C50H70O7/c1-8-10-11-12-13-14-15-18-39-21-23-41(24-22-39)42-25-26-46(40(9-2)32-42)45-33-43(19-16-28-55-47(53)31-37(3)4)48(56-30-27-50(7,35-51)36-52)44(34-45)20-17-29-57-49(54)38(5)6/h21-26,32-34,51-52H,3,5,8-20,27-31,35-36H2,1-2,4,6-7H3. The second-order valence-corrected chi connectivity index (χ2v) is 16.1. The third kappa shape index (κ3) is 16.3. The SMILES string of the molecule is C=C(C)CC(=O)OCCCc1cc(-c2ccc(-c3ccc(CCCCCCCCC)cc3)cc2CC)cc(CCCOC(=O)C(=C)C)c1OCCC(C)(CO)CO. The molecule has 0 radical (unpaired) electrons. The van der Waals surface area contributed by atoms with Crippen LogP contribution in [-0.4, -0.2) is 55.2 Å². The first-order valence-corrected chi connectivity index (χ1v) is 21.3. The Bertz CT molecular complexity index is 1720. The largest absolute Gasteiger partial charge is 0.493 e. The van der Waals surface area contributed by atoms with E-state index in [1.165, 1.54) is 67.2 Å². The zero-order chi connectivity index (χ0) is 41.6. The van der Waals surface area contributed by atoms with E-state index in [0.717, 1.165) is 46.4 Å². The van der Waals surface area contributed by atoms with Crippen molar-refractivity contribution in [2.24, 2.45) is 5.41 Å². The average molecular weight is 783 g/mol. The molecule has 0 atom stereocenters. The molecule has 0 aromatic heterocycles. The van der Waals surface area contributed by atoms with E-state index in [0.29, 0.717) is 44.3 Å². The maximum Gasteiger partial charge on any atom is 0.333 e. The van der Waals surface area contributed by atoms with Crippen molar-refractivity contribution in [3.8, 4) is 28.0 Å². The van der Waals surface area contributed by atoms with Gasteiger partial charge in [-0.3, -0.25) is 4.79 Å². The molecule has 0 fully saturated rings.